The fourth-order valence-electron chi connectivity index (χ4n) is 4.23. The van der Waals surface area contributed by atoms with Crippen molar-refractivity contribution >= 4 is 34.4 Å². The molecule has 3 aliphatic heterocycles. The van der Waals surface area contributed by atoms with Gasteiger partial charge in [-0.15, -0.1) is 0 Å². The molecule has 0 bridgehead atoms. The number of fused-ring (bicyclic) bond motifs is 1. The van der Waals surface area contributed by atoms with Gasteiger partial charge in [-0.05, 0) is 31.5 Å². The molecule has 5 atom stereocenters. The Balaban J connectivity index is 1.29. The van der Waals surface area contributed by atoms with Crippen LogP contribution in [0, 0.1) is 0 Å². The molecule has 0 saturated carbocycles. The number of nitrogens with zero attached hydrogens (tertiary/aromatic N) is 5. The fourth-order valence-corrected chi connectivity index (χ4v) is 4.48. The Bertz CT molecular complexity index is 932. The number of hydrogen-bond acceptors (Lipinski definition) is 10. The summed E-state index contributed by atoms with van der Waals surface area (Å²) in [6.07, 6.45) is 2.17. The van der Waals surface area contributed by atoms with Gasteiger partial charge in [-0.25, -0.2) is 15.0 Å². The standard InChI is InChI=1S/C19H26N6O5S/c26-14-12(8-29-19(31)24-4-1-2-5-24)30-18(15(14)27)25-10-22-13-16(20-9-21-17(13)25)23-11-3-6-28-7-11/h9-12,14-15,18,26-27H,1-8H2,(H,20,21,23)/t11-,12?,14-,15?,18?/m1/s1. The molecular weight excluding hydrogens is 424 g/mol. The molecule has 3 saturated heterocycles. The van der Waals surface area contributed by atoms with E-state index in [1.165, 1.54) is 12.7 Å². The van der Waals surface area contributed by atoms with Gasteiger partial charge in [0.1, 0.15) is 31.2 Å². The number of hydrogen-bond donors (Lipinski definition) is 3. The van der Waals surface area contributed by atoms with Gasteiger partial charge in [0.05, 0.1) is 19.0 Å². The van der Waals surface area contributed by atoms with Crippen LogP contribution >= 0.6 is 12.2 Å². The first-order chi connectivity index (χ1) is 15.1. The van der Waals surface area contributed by atoms with Crippen LogP contribution < -0.4 is 5.32 Å². The van der Waals surface area contributed by atoms with E-state index < -0.39 is 24.5 Å². The Labute approximate surface area is 184 Å². The van der Waals surface area contributed by atoms with Crippen molar-refractivity contribution in [2.24, 2.45) is 0 Å². The van der Waals surface area contributed by atoms with Crippen molar-refractivity contribution in [3.05, 3.63) is 12.7 Å². The second-order valence-corrected chi connectivity index (χ2v) is 8.42. The van der Waals surface area contributed by atoms with Gasteiger partial charge in [0.2, 0.25) is 0 Å². The lowest BCUT2D eigenvalue weighted by atomic mass is 10.1. The number of ether oxygens (including phenoxy) is 3. The minimum Gasteiger partial charge on any atom is -0.468 e. The topological polar surface area (TPSA) is 127 Å². The summed E-state index contributed by atoms with van der Waals surface area (Å²) in [5, 5.41) is 24.9. The normalized spacial score (nSPS) is 30.9. The zero-order valence-electron chi connectivity index (χ0n) is 17.0. The van der Waals surface area contributed by atoms with Gasteiger partial charge in [0, 0.05) is 19.7 Å². The quantitative estimate of drug-likeness (QED) is 0.535. The Morgan fingerprint density at radius 1 is 1.23 bits per heavy atom. The van der Waals surface area contributed by atoms with E-state index in [2.05, 4.69) is 20.3 Å². The maximum absolute atomic E-state index is 10.6. The summed E-state index contributed by atoms with van der Waals surface area (Å²) in [6.45, 7) is 3.14. The molecule has 5 rings (SSSR count). The van der Waals surface area contributed by atoms with Crippen molar-refractivity contribution in [3.63, 3.8) is 0 Å². The van der Waals surface area contributed by atoms with E-state index in [0.717, 1.165) is 32.4 Å². The molecule has 12 heteroatoms. The molecule has 2 aromatic heterocycles. The molecular formula is C19H26N6O5S. The second kappa shape index (κ2) is 8.79. The van der Waals surface area contributed by atoms with Gasteiger partial charge in [0.25, 0.3) is 5.17 Å². The van der Waals surface area contributed by atoms with Crippen LogP contribution in [-0.2, 0) is 14.2 Å². The minimum atomic E-state index is -1.17. The summed E-state index contributed by atoms with van der Waals surface area (Å²) >= 11 is 5.32. The van der Waals surface area contributed by atoms with Gasteiger partial charge in [-0.3, -0.25) is 4.57 Å². The Kier molecular flexibility index (Phi) is 5.89. The number of rotatable bonds is 5. The smallest absolute Gasteiger partial charge is 0.259 e. The number of anilines is 1. The van der Waals surface area contributed by atoms with Crippen LogP contribution in [0.1, 0.15) is 25.5 Å². The van der Waals surface area contributed by atoms with Gasteiger partial charge >= 0.3 is 0 Å². The summed E-state index contributed by atoms with van der Waals surface area (Å²) in [5.41, 5.74) is 1.07. The van der Waals surface area contributed by atoms with Crippen molar-refractivity contribution < 1.29 is 24.4 Å². The summed E-state index contributed by atoms with van der Waals surface area (Å²) < 4.78 is 18.6. The van der Waals surface area contributed by atoms with Crippen molar-refractivity contribution in [1.82, 2.24) is 24.4 Å². The molecule has 3 unspecified atom stereocenters. The highest BCUT2D eigenvalue weighted by atomic mass is 32.1. The van der Waals surface area contributed by atoms with Crippen molar-refractivity contribution in [2.75, 3.05) is 38.2 Å². The van der Waals surface area contributed by atoms with Crippen LogP contribution in [-0.4, -0.2) is 97.1 Å². The van der Waals surface area contributed by atoms with Crippen LogP contribution in [0.3, 0.4) is 0 Å². The second-order valence-electron chi connectivity index (χ2n) is 8.07. The van der Waals surface area contributed by atoms with Gasteiger partial charge in [-0.1, -0.05) is 0 Å². The lowest BCUT2D eigenvalue weighted by Gasteiger charge is -2.21. The summed E-state index contributed by atoms with van der Waals surface area (Å²) in [6, 6.07) is 0.166. The van der Waals surface area contributed by atoms with Crippen LogP contribution in [0.4, 0.5) is 5.82 Å². The molecule has 0 amide bonds. The number of aromatic nitrogens is 4. The highest BCUT2D eigenvalue weighted by molar-refractivity contribution is 7.80. The third-order valence-corrected chi connectivity index (χ3v) is 6.35. The van der Waals surface area contributed by atoms with Gasteiger partial charge < -0.3 is 34.6 Å². The monoisotopic (exact) mass is 450 g/mol. The Morgan fingerprint density at radius 3 is 2.84 bits per heavy atom. The maximum Gasteiger partial charge on any atom is 0.259 e. The predicted molar refractivity (Wildman–Crippen MR) is 113 cm³/mol. The molecule has 3 N–H and O–H groups in total. The van der Waals surface area contributed by atoms with Crippen LogP contribution in [0.25, 0.3) is 11.2 Å². The van der Waals surface area contributed by atoms with Crippen molar-refractivity contribution in [3.8, 4) is 0 Å². The molecule has 0 radical (unpaired) electrons. The first kappa shape index (κ1) is 20.8. The summed E-state index contributed by atoms with van der Waals surface area (Å²) in [7, 11) is 0. The highest BCUT2D eigenvalue weighted by Crippen LogP contribution is 2.32. The predicted octanol–water partition coefficient (Wildman–Crippen LogP) is 0.0436. The number of nitrogens with one attached hydrogen (secondary N) is 1. The lowest BCUT2D eigenvalue weighted by molar-refractivity contribution is -0.0501. The highest BCUT2D eigenvalue weighted by Gasteiger charge is 2.45. The lowest BCUT2D eigenvalue weighted by Crippen LogP contribution is -2.36. The van der Waals surface area contributed by atoms with Crippen molar-refractivity contribution in [1.29, 1.82) is 0 Å². The van der Waals surface area contributed by atoms with E-state index in [1.807, 2.05) is 4.90 Å². The summed E-state index contributed by atoms with van der Waals surface area (Å²) in [4.78, 5) is 15.0. The average molecular weight is 451 g/mol. The number of likely N-dealkylation sites (tertiary alicyclic amines) is 1. The molecule has 5 heterocycles. The Morgan fingerprint density at radius 2 is 2.06 bits per heavy atom. The molecule has 0 spiro atoms. The average Bonchev–Trinajstić information content (AvgIpc) is 3.56. The zero-order valence-corrected chi connectivity index (χ0v) is 17.8. The third-order valence-electron chi connectivity index (χ3n) is 5.98. The van der Waals surface area contributed by atoms with Crippen LogP contribution in [0.5, 0.6) is 0 Å². The maximum atomic E-state index is 10.6. The molecule has 0 aliphatic carbocycles. The third kappa shape index (κ3) is 4.05. The molecule has 168 valence electrons. The van der Waals surface area contributed by atoms with E-state index in [4.69, 9.17) is 26.4 Å². The molecule has 31 heavy (non-hydrogen) atoms. The molecule has 11 nitrogen and oxygen atoms in total. The van der Waals surface area contributed by atoms with Gasteiger partial charge in [-0.2, -0.15) is 0 Å². The van der Waals surface area contributed by atoms with Crippen molar-refractivity contribution in [2.45, 2.75) is 49.8 Å². The first-order valence-electron chi connectivity index (χ1n) is 10.6. The molecule has 0 aromatic carbocycles. The Hall–Kier alpha value is -2.12. The first-order valence-corrected chi connectivity index (χ1v) is 11.0. The largest absolute Gasteiger partial charge is 0.468 e. The zero-order chi connectivity index (χ0) is 21.4. The van der Waals surface area contributed by atoms with E-state index >= 15 is 0 Å². The SMILES string of the molecule is OC1C(n2cnc3c(N[C@@H]4CCOC4)ncnc32)OC(COC(=S)N2CCCC2)[C@H]1O. The van der Waals surface area contributed by atoms with E-state index in [1.54, 1.807) is 4.57 Å². The number of aliphatic hydroxyl groups is 2. The van der Waals surface area contributed by atoms with Gasteiger partial charge in [0.15, 0.2) is 23.2 Å². The van der Waals surface area contributed by atoms with E-state index in [0.29, 0.717) is 35.4 Å². The van der Waals surface area contributed by atoms with Crippen LogP contribution in [0.15, 0.2) is 12.7 Å². The van der Waals surface area contributed by atoms with E-state index in [9.17, 15) is 10.2 Å². The molecule has 3 aliphatic rings. The molecule has 3 fully saturated rings. The fraction of sp³-hybridized carbons (Fsp3) is 0.684. The van der Waals surface area contributed by atoms with E-state index in [-0.39, 0.29) is 12.6 Å². The number of thiocarbonyl (C=S) groups is 1. The van der Waals surface area contributed by atoms with Crippen LogP contribution in [0.2, 0.25) is 0 Å². The summed E-state index contributed by atoms with van der Waals surface area (Å²) in [5.74, 6) is 0.600. The number of aliphatic hydroxyl groups excluding tert-OH is 2. The molecule has 2 aromatic rings. The minimum absolute atomic E-state index is 0.0557. The number of imidazole rings is 1.